The maximum Gasteiger partial charge on any atom is 0.222 e. The average molecular weight is 519 g/mol. The molecule has 1 saturated heterocycles. The maximum absolute atomic E-state index is 12.0. The third kappa shape index (κ3) is 7.10. The maximum atomic E-state index is 12.0. The molecule has 0 spiro atoms. The molecule has 1 saturated carbocycles. The van der Waals surface area contributed by atoms with E-state index in [0.29, 0.717) is 24.3 Å². The van der Waals surface area contributed by atoms with Crippen molar-refractivity contribution in [1.29, 1.82) is 0 Å². The highest BCUT2D eigenvalue weighted by atomic mass is 127. The molecular weight excluding hydrogens is 487 g/mol. The van der Waals surface area contributed by atoms with E-state index in [4.69, 9.17) is 16.6 Å². The van der Waals surface area contributed by atoms with E-state index >= 15 is 0 Å². The highest BCUT2D eigenvalue weighted by Crippen LogP contribution is 2.41. The van der Waals surface area contributed by atoms with Gasteiger partial charge in [0.15, 0.2) is 5.96 Å². The molecule has 0 bridgehead atoms. The zero-order chi connectivity index (χ0) is 19.1. The smallest absolute Gasteiger partial charge is 0.222 e. The number of hydrogen-bond donors (Lipinski definition) is 2. The number of nitrogens with zero attached hydrogens (tertiary/aromatic N) is 2. The van der Waals surface area contributed by atoms with Crippen molar-refractivity contribution in [2.45, 2.75) is 57.4 Å². The average Bonchev–Trinajstić information content (AvgIpc) is 3.44. The Morgan fingerprint density at radius 3 is 2.96 bits per heavy atom. The van der Waals surface area contributed by atoms with Crippen LogP contribution in [0, 0.1) is 0 Å². The Morgan fingerprint density at radius 2 is 2.18 bits per heavy atom. The first-order chi connectivity index (χ1) is 13.2. The van der Waals surface area contributed by atoms with Crippen LogP contribution in [-0.2, 0) is 4.79 Å². The topological polar surface area (TPSA) is 56.7 Å². The van der Waals surface area contributed by atoms with Crippen LogP contribution in [0.15, 0.2) is 29.3 Å². The minimum Gasteiger partial charge on any atom is -0.357 e. The summed E-state index contributed by atoms with van der Waals surface area (Å²) >= 11 is 6.10. The van der Waals surface area contributed by atoms with Crippen molar-refractivity contribution in [3.8, 4) is 0 Å². The number of aliphatic imine (C=N–C) groups is 1. The van der Waals surface area contributed by atoms with Gasteiger partial charge in [-0.15, -0.1) is 24.0 Å². The molecule has 1 aliphatic heterocycles. The molecule has 1 aromatic carbocycles. The molecule has 7 heteroatoms. The molecule has 0 radical (unpaired) electrons. The van der Waals surface area contributed by atoms with E-state index in [1.165, 1.54) is 12.0 Å². The van der Waals surface area contributed by atoms with Crippen LogP contribution in [0.25, 0.3) is 0 Å². The molecule has 2 aliphatic rings. The molecule has 2 unspecified atom stereocenters. The van der Waals surface area contributed by atoms with Crippen LogP contribution >= 0.6 is 35.6 Å². The number of carbonyl (C=O) groups excluding carboxylic acids is 1. The predicted molar refractivity (Wildman–Crippen MR) is 127 cm³/mol. The van der Waals surface area contributed by atoms with Crippen molar-refractivity contribution in [3.63, 3.8) is 0 Å². The Bertz CT molecular complexity index is 670. The number of rotatable bonds is 7. The molecule has 2 fully saturated rings. The van der Waals surface area contributed by atoms with Gasteiger partial charge in [0.05, 0.1) is 0 Å². The highest BCUT2D eigenvalue weighted by molar-refractivity contribution is 14.0. The fourth-order valence-electron chi connectivity index (χ4n) is 3.68. The third-order valence-electron chi connectivity index (χ3n) is 5.26. The number of nitrogens with one attached hydrogen (secondary N) is 2. The van der Waals surface area contributed by atoms with Crippen LogP contribution in [0.4, 0.5) is 0 Å². The predicted octanol–water partition coefficient (Wildman–Crippen LogP) is 4.16. The largest absolute Gasteiger partial charge is 0.357 e. The van der Waals surface area contributed by atoms with Crippen molar-refractivity contribution in [3.05, 3.63) is 34.9 Å². The number of benzene rings is 1. The van der Waals surface area contributed by atoms with Crippen LogP contribution in [-0.4, -0.2) is 49.0 Å². The molecule has 1 aromatic rings. The van der Waals surface area contributed by atoms with Gasteiger partial charge in [-0.1, -0.05) is 30.2 Å². The minimum absolute atomic E-state index is 0. The Morgan fingerprint density at radius 1 is 1.32 bits per heavy atom. The molecule has 28 heavy (non-hydrogen) atoms. The van der Waals surface area contributed by atoms with Gasteiger partial charge in [0.1, 0.15) is 0 Å². The Kier molecular flexibility index (Phi) is 9.85. The fraction of sp³-hybridized carbons (Fsp3) is 0.619. The minimum atomic E-state index is 0. The van der Waals surface area contributed by atoms with Crippen LogP contribution in [0.2, 0.25) is 5.02 Å². The van der Waals surface area contributed by atoms with Gasteiger partial charge in [-0.05, 0) is 50.3 Å². The molecule has 5 nitrogen and oxygen atoms in total. The summed E-state index contributed by atoms with van der Waals surface area (Å²) in [5.74, 6) is 1.68. The molecule has 2 atom stereocenters. The second-order valence-electron chi connectivity index (χ2n) is 7.45. The van der Waals surface area contributed by atoms with Crippen molar-refractivity contribution in [2.75, 3.05) is 26.2 Å². The summed E-state index contributed by atoms with van der Waals surface area (Å²) < 4.78 is 0. The number of amides is 1. The zero-order valence-electron chi connectivity index (χ0n) is 16.6. The summed E-state index contributed by atoms with van der Waals surface area (Å²) in [7, 11) is 0. The third-order valence-corrected chi connectivity index (χ3v) is 5.50. The summed E-state index contributed by atoms with van der Waals surface area (Å²) in [5, 5.41) is 7.65. The van der Waals surface area contributed by atoms with Crippen molar-refractivity contribution in [1.82, 2.24) is 15.5 Å². The summed E-state index contributed by atoms with van der Waals surface area (Å²) in [6, 6.07) is 8.53. The number of likely N-dealkylation sites (tertiary alicyclic amines) is 1. The van der Waals surface area contributed by atoms with Gasteiger partial charge in [-0.2, -0.15) is 0 Å². The number of carbonyl (C=O) groups is 1. The lowest BCUT2D eigenvalue weighted by Crippen LogP contribution is -2.39. The SMILES string of the molecule is CCNC(=NCCCN1CCCCCC1=O)NC1CC1c1cccc(Cl)c1.I. The molecule has 3 rings (SSSR count). The summed E-state index contributed by atoms with van der Waals surface area (Å²) in [5.41, 5.74) is 1.29. The molecule has 1 aliphatic carbocycles. The van der Waals surface area contributed by atoms with Crippen LogP contribution in [0.1, 0.15) is 56.9 Å². The Balaban J connectivity index is 0.00000280. The quantitative estimate of drug-likeness (QED) is 0.247. The van der Waals surface area contributed by atoms with Gasteiger partial charge in [-0.25, -0.2) is 0 Å². The number of halogens is 2. The molecule has 0 aromatic heterocycles. The first kappa shape index (κ1) is 23.3. The lowest BCUT2D eigenvalue weighted by molar-refractivity contribution is -0.130. The van der Waals surface area contributed by atoms with Gasteiger partial charge in [0.2, 0.25) is 5.91 Å². The van der Waals surface area contributed by atoms with Gasteiger partial charge in [0.25, 0.3) is 0 Å². The van der Waals surface area contributed by atoms with Crippen molar-refractivity contribution in [2.24, 2.45) is 4.99 Å². The molecule has 2 N–H and O–H groups in total. The second kappa shape index (κ2) is 11.9. The molecule has 1 amide bonds. The van der Waals surface area contributed by atoms with E-state index in [1.807, 2.05) is 17.0 Å². The van der Waals surface area contributed by atoms with Gasteiger partial charge in [0, 0.05) is 49.6 Å². The number of guanidine groups is 1. The second-order valence-corrected chi connectivity index (χ2v) is 7.89. The first-order valence-electron chi connectivity index (χ1n) is 10.3. The van der Waals surface area contributed by atoms with Crippen LogP contribution in [0.5, 0.6) is 0 Å². The van der Waals surface area contributed by atoms with Gasteiger partial charge in [-0.3, -0.25) is 9.79 Å². The molecule has 156 valence electrons. The fourth-order valence-corrected chi connectivity index (χ4v) is 3.88. The van der Waals surface area contributed by atoms with Gasteiger partial charge < -0.3 is 15.5 Å². The normalized spacial score (nSPS) is 22.3. The van der Waals surface area contributed by atoms with Crippen molar-refractivity contribution < 1.29 is 4.79 Å². The lowest BCUT2D eigenvalue weighted by Gasteiger charge is -2.20. The standard InChI is InChI=1S/C21H31ClN4O.HI/c1-2-23-21(24-11-7-13-26-12-5-3-4-10-20(26)27)25-19-15-18(19)16-8-6-9-17(22)14-16;/h6,8-9,14,18-19H,2-5,7,10-13,15H2,1H3,(H2,23,24,25);1H. The van der Waals surface area contributed by atoms with E-state index in [0.717, 1.165) is 62.8 Å². The lowest BCUT2D eigenvalue weighted by atomic mass is 10.1. The molecule has 1 heterocycles. The van der Waals surface area contributed by atoms with Gasteiger partial charge >= 0.3 is 0 Å². The summed E-state index contributed by atoms with van der Waals surface area (Å²) in [6.07, 6.45) is 6.06. The van der Waals surface area contributed by atoms with E-state index in [9.17, 15) is 4.79 Å². The molecular formula is C21H32ClIN4O. The monoisotopic (exact) mass is 518 g/mol. The highest BCUT2D eigenvalue weighted by Gasteiger charge is 2.39. The zero-order valence-corrected chi connectivity index (χ0v) is 19.7. The Labute approximate surface area is 190 Å². The first-order valence-corrected chi connectivity index (χ1v) is 10.6. The van der Waals surface area contributed by atoms with Crippen molar-refractivity contribution >= 4 is 47.4 Å². The summed E-state index contributed by atoms with van der Waals surface area (Å²) in [4.78, 5) is 18.8. The number of hydrogen-bond acceptors (Lipinski definition) is 2. The van der Waals surface area contributed by atoms with E-state index in [1.54, 1.807) is 0 Å². The van der Waals surface area contributed by atoms with E-state index < -0.39 is 0 Å². The summed E-state index contributed by atoms with van der Waals surface area (Å²) in [6.45, 7) is 5.37. The Hall–Kier alpha value is -1.02. The van der Waals surface area contributed by atoms with E-state index in [2.05, 4.69) is 29.7 Å². The van der Waals surface area contributed by atoms with E-state index in [-0.39, 0.29) is 24.0 Å². The van der Waals surface area contributed by atoms with Crippen LogP contribution in [0.3, 0.4) is 0 Å². The van der Waals surface area contributed by atoms with Crippen LogP contribution < -0.4 is 10.6 Å².